The molecule has 0 aliphatic carbocycles. The number of aromatic nitrogens is 4. The standard InChI is InChI=1S/C26H29F3N6O2/c1-16-23-17(2)35(33-24(23)25(32-31-16)34(4)5)19-7-6-8-21(15-19)36-22(13-14-30-3)18-9-11-20(12-10-18)37-26(27,28)29/h6-12,15,22,30H,13-14H2,1-5H3. The molecule has 0 saturated carbocycles. The van der Waals surface area contributed by atoms with Gasteiger partial charge in [-0.25, -0.2) is 4.68 Å². The minimum Gasteiger partial charge on any atom is -0.486 e. The minimum absolute atomic E-state index is 0.275. The number of ether oxygens (including phenoxy) is 2. The van der Waals surface area contributed by atoms with Gasteiger partial charge in [-0.15, -0.1) is 18.3 Å². The average molecular weight is 515 g/mol. The Morgan fingerprint density at radius 2 is 1.76 bits per heavy atom. The molecule has 0 aliphatic rings. The summed E-state index contributed by atoms with van der Waals surface area (Å²) in [5, 5.41) is 17.5. The molecular formula is C26H29F3N6O2. The van der Waals surface area contributed by atoms with Crippen LogP contribution in [0.1, 0.15) is 29.5 Å². The summed E-state index contributed by atoms with van der Waals surface area (Å²) in [6.07, 6.45) is -4.53. The molecule has 0 saturated heterocycles. The van der Waals surface area contributed by atoms with E-state index in [-0.39, 0.29) is 5.75 Å². The molecule has 1 atom stereocenters. The highest BCUT2D eigenvalue weighted by Gasteiger charge is 2.31. The highest BCUT2D eigenvalue weighted by molar-refractivity contribution is 5.92. The van der Waals surface area contributed by atoms with Gasteiger partial charge in [0.05, 0.1) is 22.5 Å². The Kier molecular flexibility index (Phi) is 7.53. The van der Waals surface area contributed by atoms with Crippen LogP contribution in [0.5, 0.6) is 11.5 Å². The molecule has 0 amide bonds. The predicted octanol–water partition coefficient (Wildman–Crippen LogP) is 5.13. The summed E-state index contributed by atoms with van der Waals surface area (Å²) in [5.74, 6) is 1.01. The van der Waals surface area contributed by atoms with Gasteiger partial charge < -0.3 is 19.7 Å². The number of alkyl halides is 3. The Labute approximate surface area is 213 Å². The molecule has 1 N–H and O–H groups in total. The van der Waals surface area contributed by atoms with Crippen molar-refractivity contribution in [3.8, 4) is 17.2 Å². The normalized spacial score (nSPS) is 12.5. The van der Waals surface area contributed by atoms with Crippen molar-refractivity contribution in [3.05, 3.63) is 65.5 Å². The van der Waals surface area contributed by atoms with Gasteiger partial charge in [-0.3, -0.25) is 0 Å². The van der Waals surface area contributed by atoms with E-state index in [9.17, 15) is 13.2 Å². The fourth-order valence-corrected chi connectivity index (χ4v) is 4.17. The first kappa shape index (κ1) is 26.2. The van der Waals surface area contributed by atoms with Crippen LogP contribution >= 0.6 is 0 Å². The van der Waals surface area contributed by atoms with E-state index in [1.54, 1.807) is 12.1 Å². The van der Waals surface area contributed by atoms with Gasteiger partial charge in [0.2, 0.25) is 0 Å². The van der Waals surface area contributed by atoms with E-state index in [1.165, 1.54) is 12.1 Å². The molecule has 0 bridgehead atoms. The molecule has 2 aromatic heterocycles. The second-order valence-electron chi connectivity index (χ2n) is 8.84. The largest absolute Gasteiger partial charge is 0.573 e. The molecule has 8 nitrogen and oxygen atoms in total. The second-order valence-corrected chi connectivity index (χ2v) is 8.84. The summed E-state index contributed by atoms with van der Waals surface area (Å²) < 4.78 is 49.8. The van der Waals surface area contributed by atoms with Gasteiger partial charge in [0.25, 0.3) is 0 Å². The maximum atomic E-state index is 12.5. The molecular weight excluding hydrogens is 485 g/mol. The zero-order valence-corrected chi connectivity index (χ0v) is 21.3. The number of rotatable bonds is 9. The third kappa shape index (κ3) is 5.93. The molecule has 4 aromatic rings. The van der Waals surface area contributed by atoms with Crippen LogP contribution in [0.15, 0.2) is 48.5 Å². The molecule has 0 aliphatic heterocycles. The monoisotopic (exact) mass is 514 g/mol. The van der Waals surface area contributed by atoms with E-state index in [0.29, 0.717) is 24.5 Å². The molecule has 2 aromatic carbocycles. The number of fused-ring (bicyclic) bond motifs is 1. The van der Waals surface area contributed by atoms with Gasteiger partial charge in [0.15, 0.2) is 5.82 Å². The van der Waals surface area contributed by atoms with Gasteiger partial charge in [-0.2, -0.15) is 10.2 Å². The number of aryl methyl sites for hydroxylation is 2. The minimum atomic E-state index is -4.74. The maximum absolute atomic E-state index is 12.5. The van der Waals surface area contributed by atoms with Crippen molar-refractivity contribution in [2.75, 3.05) is 32.6 Å². The fourth-order valence-electron chi connectivity index (χ4n) is 4.17. The third-order valence-electron chi connectivity index (χ3n) is 5.89. The Balaban J connectivity index is 1.65. The summed E-state index contributed by atoms with van der Waals surface area (Å²) >= 11 is 0. The van der Waals surface area contributed by atoms with Crippen molar-refractivity contribution < 1.29 is 22.6 Å². The molecule has 0 spiro atoms. The quantitative estimate of drug-likeness (QED) is 0.332. The first-order valence-corrected chi connectivity index (χ1v) is 11.7. The second kappa shape index (κ2) is 10.6. The lowest BCUT2D eigenvalue weighted by atomic mass is 10.1. The lowest BCUT2D eigenvalue weighted by Crippen LogP contribution is -2.18. The zero-order chi connectivity index (χ0) is 26.7. The summed E-state index contributed by atoms with van der Waals surface area (Å²) in [6, 6.07) is 13.3. The van der Waals surface area contributed by atoms with Crippen molar-refractivity contribution in [3.63, 3.8) is 0 Å². The Hall–Kier alpha value is -3.86. The maximum Gasteiger partial charge on any atom is 0.573 e. The number of nitrogens with zero attached hydrogens (tertiary/aromatic N) is 5. The average Bonchev–Trinajstić information content (AvgIpc) is 3.19. The third-order valence-corrected chi connectivity index (χ3v) is 5.89. The molecule has 0 radical (unpaired) electrons. The number of hydrogen-bond donors (Lipinski definition) is 1. The lowest BCUT2D eigenvalue weighted by molar-refractivity contribution is -0.274. The van der Waals surface area contributed by atoms with Crippen molar-refractivity contribution in [2.24, 2.45) is 0 Å². The summed E-state index contributed by atoms with van der Waals surface area (Å²) in [4.78, 5) is 1.88. The Morgan fingerprint density at radius 3 is 2.41 bits per heavy atom. The smallest absolute Gasteiger partial charge is 0.486 e. The number of anilines is 1. The van der Waals surface area contributed by atoms with Gasteiger partial charge in [0, 0.05) is 26.6 Å². The van der Waals surface area contributed by atoms with Crippen molar-refractivity contribution in [1.29, 1.82) is 0 Å². The highest BCUT2D eigenvalue weighted by atomic mass is 19.4. The topological polar surface area (TPSA) is 77.3 Å². The van der Waals surface area contributed by atoms with Crippen LogP contribution in [0.3, 0.4) is 0 Å². The molecule has 196 valence electrons. The van der Waals surface area contributed by atoms with E-state index in [4.69, 9.17) is 9.84 Å². The van der Waals surface area contributed by atoms with Crippen molar-refractivity contribution in [1.82, 2.24) is 25.3 Å². The van der Waals surface area contributed by atoms with Crippen LogP contribution in [-0.2, 0) is 0 Å². The highest BCUT2D eigenvalue weighted by Crippen LogP contribution is 2.32. The molecule has 1 unspecified atom stereocenters. The van der Waals surface area contributed by atoms with Crippen molar-refractivity contribution >= 4 is 16.7 Å². The van der Waals surface area contributed by atoms with Crippen molar-refractivity contribution in [2.45, 2.75) is 32.7 Å². The summed E-state index contributed by atoms with van der Waals surface area (Å²) in [7, 11) is 5.63. The van der Waals surface area contributed by atoms with Gasteiger partial charge in [-0.1, -0.05) is 18.2 Å². The van der Waals surface area contributed by atoms with Crippen LogP contribution < -0.4 is 19.7 Å². The molecule has 2 heterocycles. The number of benzene rings is 2. The van der Waals surface area contributed by atoms with Gasteiger partial charge >= 0.3 is 6.36 Å². The lowest BCUT2D eigenvalue weighted by Gasteiger charge is -2.21. The Bertz CT molecular complexity index is 1370. The summed E-state index contributed by atoms with van der Waals surface area (Å²) in [6.45, 7) is 4.55. The first-order valence-electron chi connectivity index (χ1n) is 11.7. The fraction of sp³-hybridized carbons (Fsp3) is 0.346. The molecule has 0 fully saturated rings. The van der Waals surface area contributed by atoms with E-state index in [2.05, 4.69) is 20.3 Å². The SMILES string of the molecule is CNCCC(Oc1cccc(-n2nc3c(N(C)C)nnc(C)c3c2C)c1)c1ccc(OC(F)(F)F)cc1. The molecule has 4 rings (SSSR count). The van der Waals surface area contributed by atoms with Gasteiger partial charge in [-0.05, 0) is 57.3 Å². The summed E-state index contributed by atoms with van der Waals surface area (Å²) in [5.41, 5.74) is 4.02. The number of halogens is 3. The van der Waals surface area contributed by atoms with E-state index < -0.39 is 12.5 Å². The van der Waals surface area contributed by atoms with Gasteiger partial charge in [0.1, 0.15) is 23.1 Å². The van der Waals surface area contributed by atoms with Crippen LogP contribution in [0, 0.1) is 13.8 Å². The first-order chi connectivity index (χ1) is 17.6. The predicted molar refractivity (Wildman–Crippen MR) is 135 cm³/mol. The van der Waals surface area contributed by atoms with Crippen LogP contribution in [0.2, 0.25) is 0 Å². The van der Waals surface area contributed by atoms with E-state index in [0.717, 1.165) is 33.5 Å². The number of hydrogen-bond acceptors (Lipinski definition) is 7. The molecule has 37 heavy (non-hydrogen) atoms. The Morgan fingerprint density at radius 1 is 1.03 bits per heavy atom. The number of nitrogens with one attached hydrogen (secondary N) is 1. The zero-order valence-electron chi connectivity index (χ0n) is 21.3. The van der Waals surface area contributed by atoms with Crippen LogP contribution in [0.4, 0.5) is 19.0 Å². The molecule has 11 heteroatoms. The van der Waals surface area contributed by atoms with E-state index >= 15 is 0 Å². The van der Waals surface area contributed by atoms with E-state index in [1.807, 2.05) is 68.8 Å². The van der Waals surface area contributed by atoms with Crippen LogP contribution in [-0.4, -0.2) is 54.0 Å². The van der Waals surface area contributed by atoms with Crippen LogP contribution in [0.25, 0.3) is 16.6 Å².